The number of phenolic OH excluding ortho intramolecular Hbond substituents is 1. The standard InChI is InChI=1S/C40H54Cl2N2O6S/c1-4-6-7-8-9-10-11-12-13-14-15-16-17-18-25-50-31-20-22-32(23-21-31)51(48,49)38(5-2)40(47)43-35-28-37(45)36(27-34(35)42)44-39(46)30-19-24-33(41)29(3)26-30/h19-24,26-28,38,45H,4-18,25H2,1-3H3,(H,43,47)(H,44,46). The van der Waals surface area contributed by atoms with Crippen LogP contribution in [-0.2, 0) is 14.6 Å². The monoisotopic (exact) mass is 760 g/mol. The van der Waals surface area contributed by atoms with Crippen LogP contribution in [0, 0.1) is 6.92 Å². The van der Waals surface area contributed by atoms with E-state index >= 15 is 0 Å². The summed E-state index contributed by atoms with van der Waals surface area (Å²) in [4.78, 5) is 25.9. The number of aryl methyl sites for hydroxylation is 1. The maximum absolute atomic E-state index is 13.5. The van der Waals surface area contributed by atoms with Gasteiger partial charge in [0.05, 0.1) is 27.9 Å². The molecule has 0 fully saturated rings. The molecule has 51 heavy (non-hydrogen) atoms. The van der Waals surface area contributed by atoms with Crippen LogP contribution in [-0.4, -0.2) is 37.2 Å². The van der Waals surface area contributed by atoms with Gasteiger partial charge in [-0.3, -0.25) is 9.59 Å². The first-order valence-electron chi connectivity index (χ1n) is 18.4. The van der Waals surface area contributed by atoms with E-state index in [-0.39, 0.29) is 33.5 Å². The molecule has 11 heteroatoms. The fraction of sp³-hybridized carbons (Fsp3) is 0.500. The van der Waals surface area contributed by atoms with Crippen molar-refractivity contribution in [1.29, 1.82) is 0 Å². The van der Waals surface area contributed by atoms with Gasteiger partial charge in [0.25, 0.3) is 5.91 Å². The number of rotatable bonds is 23. The topological polar surface area (TPSA) is 122 Å². The van der Waals surface area contributed by atoms with Gasteiger partial charge in [0.15, 0.2) is 9.84 Å². The van der Waals surface area contributed by atoms with E-state index in [0.29, 0.717) is 28.5 Å². The summed E-state index contributed by atoms with van der Waals surface area (Å²) < 4.78 is 32.8. The Balaban J connectivity index is 1.43. The van der Waals surface area contributed by atoms with Gasteiger partial charge < -0.3 is 20.5 Å². The minimum Gasteiger partial charge on any atom is -0.506 e. The maximum Gasteiger partial charge on any atom is 0.255 e. The Morgan fingerprint density at radius 2 is 1.29 bits per heavy atom. The zero-order valence-electron chi connectivity index (χ0n) is 30.2. The van der Waals surface area contributed by atoms with E-state index in [1.807, 2.05) is 0 Å². The van der Waals surface area contributed by atoms with Crippen molar-refractivity contribution in [3.63, 3.8) is 0 Å². The second-order valence-electron chi connectivity index (χ2n) is 13.1. The highest BCUT2D eigenvalue weighted by Gasteiger charge is 2.33. The molecule has 8 nitrogen and oxygen atoms in total. The SMILES string of the molecule is CCCCCCCCCCCCCCCCOc1ccc(S(=O)(=O)C(CC)C(=O)Nc2cc(O)c(NC(=O)c3ccc(Cl)c(C)c3)cc2Cl)cc1. The summed E-state index contributed by atoms with van der Waals surface area (Å²) in [5, 5.41) is 14.8. The van der Waals surface area contributed by atoms with E-state index in [0.717, 1.165) is 18.9 Å². The molecule has 0 aliphatic heterocycles. The lowest BCUT2D eigenvalue weighted by molar-refractivity contribution is -0.115. The smallest absolute Gasteiger partial charge is 0.255 e. The van der Waals surface area contributed by atoms with Crippen LogP contribution in [0.15, 0.2) is 59.5 Å². The van der Waals surface area contributed by atoms with Gasteiger partial charge in [0.1, 0.15) is 16.7 Å². The Morgan fingerprint density at radius 1 is 0.725 bits per heavy atom. The first kappa shape index (κ1) is 42.1. The van der Waals surface area contributed by atoms with Crippen LogP contribution in [0.3, 0.4) is 0 Å². The summed E-state index contributed by atoms with van der Waals surface area (Å²) in [6, 6.07) is 13.3. The number of benzene rings is 3. The van der Waals surface area contributed by atoms with Crippen molar-refractivity contribution in [2.45, 2.75) is 127 Å². The van der Waals surface area contributed by atoms with Crippen LogP contribution in [0.2, 0.25) is 10.0 Å². The fourth-order valence-corrected chi connectivity index (χ4v) is 7.83. The van der Waals surface area contributed by atoms with Crippen LogP contribution in [0.1, 0.15) is 126 Å². The average molecular weight is 762 g/mol. The lowest BCUT2D eigenvalue weighted by atomic mass is 10.0. The molecule has 1 unspecified atom stereocenters. The molecule has 0 heterocycles. The molecule has 0 aromatic heterocycles. The Labute approximate surface area is 314 Å². The molecule has 0 saturated carbocycles. The summed E-state index contributed by atoms with van der Waals surface area (Å²) >= 11 is 12.4. The van der Waals surface area contributed by atoms with E-state index in [4.69, 9.17) is 27.9 Å². The van der Waals surface area contributed by atoms with Gasteiger partial charge in [-0.25, -0.2) is 8.42 Å². The van der Waals surface area contributed by atoms with Crippen LogP contribution < -0.4 is 15.4 Å². The molecule has 1 atom stereocenters. The van der Waals surface area contributed by atoms with Crippen LogP contribution in [0.5, 0.6) is 11.5 Å². The van der Waals surface area contributed by atoms with Gasteiger partial charge in [-0.05, 0) is 73.9 Å². The molecule has 0 bridgehead atoms. The Kier molecular flexibility index (Phi) is 18.1. The van der Waals surface area contributed by atoms with Crippen molar-refractivity contribution < 1.29 is 27.9 Å². The molecule has 3 aromatic rings. The van der Waals surface area contributed by atoms with Crippen LogP contribution in [0.25, 0.3) is 0 Å². The molecule has 3 aromatic carbocycles. The van der Waals surface area contributed by atoms with E-state index in [9.17, 15) is 23.1 Å². The number of amides is 2. The minimum atomic E-state index is -4.06. The number of ether oxygens (including phenoxy) is 1. The lowest BCUT2D eigenvalue weighted by Gasteiger charge is -2.18. The molecule has 0 aliphatic carbocycles. The van der Waals surface area contributed by atoms with E-state index in [1.165, 1.54) is 95.2 Å². The Morgan fingerprint density at radius 3 is 1.84 bits per heavy atom. The van der Waals surface area contributed by atoms with Crippen molar-refractivity contribution in [1.82, 2.24) is 0 Å². The highest BCUT2D eigenvalue weighted by molar-refractivity contribution is 7.92. The van der Waals surface area contributed by atoms with E-state index in [1.54, 1.807) is 44.2 Å². The molecular formula is C40H54Cl2N2O6S. The Bertz CT molecular complexity index is 1660. The number of halogens is 2. The van der Waals surface area contributed by atoms with Crippen molar-refractivity contribution in [3.8, 4) is 11.5 Å². The van der Waals surface area contributed by atoms with Crippen molar-refractivity contribution in [2.75, 3.05) is 17.2 Å². The molecule has 0 aliphatic rings. The lowest BCUT2D eigenvalue weighted by Crippen LogP contribution is -2.34. The third-order valence-corrected chi connectivity index (χ3v) is 11.9. The predicted molar refractivity (Wildman–Crippen MR) is 209 cm³/mol. The second-order valence-corrected chi connectivity index (χ2v) is 16.1. The third kappa shape index (κ3) is 13.7. The Hall–Kier alpha value is -3.27. The summed E-state index contributed by atoms with van der Waals surface area (Å²) in [6.07, 6.45) is 18.0. The number of nitrogens with one attached hydrogen (secondary N) is 2. The molecule has 2 amide bonds. The van der Waals surface area contributed by atoms with Gasteiger partial charge in [-0.2, -0.15) is 0 Å². The highest BCUT2D eigenvalue weighted by atomic mass is 35.5. The van der Waals surface area contributed by atoms with E-state index < -0.39 is 26.9 Å². The van der Waals surface area contributed by atoms with Crippen molar-refractivity contribution in [3.05, 3.63) is 75.8 Å². The van der Waals surface area contributed by atoms with Gasteiger partial charge >= 0.3 is 0 Å². The predicted octanol–water partition coefficient (Wildman–Crippen LogP) is 11.3. The summed E-state index contributed by atoms with van der Waals surface area (Å²) in [7, 11) is -4.06. The summed E-state index contributed by atoms with van der Waals surface area (Å²) in [5.74, 6) is -1.09. The average Bonchev–Trinajstić information content (AvgIpc) is 3.10. The molecule has 280 valence electrons. The summed E-state index contributed by atoms with van der Waals surface area (Å²) in [5.41, 5.74) is 1.05. The third-order valence-electron chi connectivity index (χ3n) is 8.97. The first-order chi connectivity index (χ1) is 24.5. The summed E-state index contributed by atoms with van der Waals surface area (Å²) in [6.45, 7) is 6.18. The maximum atomic E-state index is 13.5. The van der Waals surface area contributed by atoms with Crippen molar-refractivity contribution >= 4 is 56.2 Å². The zero-order valence-corrected chi connectivity index (χ0v) is 32.6. The van der Waals surface area contributed by atoms with Gasteiger partial charge in [0, 0.05) is 16.7 Å². The minimum absolute atomic E-state index is 0.000369. The normalized spacial score (nSPS) is 12.0. The quantitative estimate of drug-likeness (QED) is 0.0653. The molecule has 3 rings (SSSR count). The molecular weight excluding hydrogens is 707 g/mol. The number of sulfone groups is 1. The second kappa shape index (κ2) is 21.9. The fourth-order valence-electron chi connectivity index (χ4n) is 5.87. The first-order valence-corrected chi connectivity index (χ1v) is 20.7. The number of carbonyl (C=O) groups is 2. The van der Waals surface area contributed by atoms with Gasteiger partial charge in [-0.15, -0.1) is 0 Å². The van der Waals surface area contributed by atoms with Crippen molar-refractivity contribution in [2.24, 2.45) is 0 Å². The van der Waals surface area contributed by atoms with Crippen LogP contribution in [0.4, 0.5) is 11.4 Å². The molecule has 3 N–H and O–H groups in total. The molecule has 0 saturated heterocycles. The zero-order chi connectivity index (χ0) is 37.2. The number of unbranched alkanes of at least 4 members (excludes halogenated alkanes) is 13. The number of anilines is 2. The van der Waals surface area contributed by atoms with Crippen LogP contribution >= 0.6 is 23.2 Å². The number of hydrogen-bond donors (Lipinski definition) is 3. The van der Waals surface area contributed by atoms with Gasteiger partial charge in [0.2, 0.25) is 5.91 Å². The highest BCUT2D eigenvalue weighted by Crippen LogP contribution is 2.35. The van der Waals surface area contributed by atoms with E-state index in [2.05, 4.69) is 17.6 Å². The number of hydrogen-bond acceptors (Lipinski definition) is 6. The molecule has 0 spiro atoms. The number of phenols is 1. The number of carbonyl (C=O) groups excluding carboxylic acids is 2. The van der Waals surface area contributed by atoms with Gasteiger partial charge in [-0.1, -0.05) is 121 Å². The largest absolute Gasteiger partial charge is 0.506 e. The number of aromatic hydroxyl groups is 1. The molecule has 0 radical (unpaired) electrons.